The molecule has 0 aliphatic heterocycles. The average Bonchev–Trinajstić information content (AvgIpc) is 3.05. The second-order valence-corrected chi connectivity index (χ2v) is 5.32. The maximum absolute atomic E-state index is 5.92. The number of benzene rings is 1. The Labute approximate surface area is 112 Å². The van der Waals surface area contributed by atoms with Gasteiger partial charge in [-0.2, -0.15) is 0 Å². The summed E-state index contributed by atoms with van der Waals surface area (Å²) in [5.74, 6) is 1.11. The Hall–Kier alpha value is -2.27. The lowest BCUT2D eigenvalue weighted by Crippen LogP contribution is -1.87. The van der Waals surface area contributed by atoms with Crippen LogP contribution in [0.4, 0.5) is 5.69 Å². The van der Waals surface area contributed by atoms with Gasteiger partial charge < -0.3 is 14.6 Å². The van der Waals surface area contributed by atoms with Gasteiger partial charge >= 0.3 is 0 Å². The van der Waals surface area contributed by atoms with Crippen molar-refractivity contribution in [2.24, 2.45) is 0 Å². The first-order valence-corrected chi connectivity index (χ1v) is 6.73. The highest BCUT2D eigenvalue weighted by Gasteiger charge is 2.16. The van der Waals surface area contributed by atoms with Crippen molar-refractivity contribution >= 4 is 38.4 Å². The van der Waals surface area contributed by atoms with Gasteiger partial charge in [-0.1, -0.05) is 6.07 Å². The predicted octanol–water partition coefficient (Wildman–Crippen LogP) is 4.19. The molecule has 3 heterocycles. The summed E-state index contributed by atoms with van der Waals surface area (Å²) < 4.78 is 11.5. The van der Waals surface area contributed by atoms with Crippen molar-refractivity contribution in [1.82, 2.24) is 4.98 Å². The van der Waals surface area contributed by atoms with Gasteiger partial charge in [0.2, 0.25) is 0 Å². The molecule has 2 N–H and O–H groups in total. The van der Waals surface area contributed by atoms with Crippen LogP contribution in [-0.2, 0) is 0 Å². The summed E-state index contributed by atoms with van der Waals surface area (Å²) in [4.78, 5) is 5.31. The van der Waals surface area contributed by atoms with Gasteiger partial charge in [-0.15, -0.1) is 11.3 Å². The Kier molecular flexibility index (Phi) is 2.02. The van der Waals surface area contributed by atoms with Crippen LogP contribution in [0.5, 0.6) is 0 Å². The molecule has 4 aromatic rings. The number of aryl methyl sites for hydroxylation is 1. The lowest BCUT2D eigenvalue weighted by atomic mass is 10.2. The number of nitrogens with two attached hydrogens (primary N) is 1. The van der Waals surface area contributed by atoms with Crippen molar-refractivity contribution in [1.29, 1.82) is 0 Å². The minimum atomic E-state index is 0.472. The smallest absolute Gasteiger partial charge is 0.264 e. The van der Waals surface area contributed by atoms with E-state index in [-0.39, 0.29) is 0 Å². The van der Waals surface area contributed by atoms with Crippen LogP contribution in [0.25, 0.3) is 33.0 Å². The highest BCUT2D eigenvalue weighted by Crippen LogP contribution is 2.34. The fourth-order valence-electron chi connectivity index (χ4n) is 2.13. The number of hydrogen-bond donors (Lipinski definition) is 1. The van der Waals surface area contributed by atoms with E-state index in [0.717, 1.165) is 21.4 Å². The van der Waals surface area contributed by atoms with E-state index < -0.39 is 0 Å². The first-order valence-electron chi connectivity index (χ1n) is 5.85. The van der Waals surface area contributed by atoms with Crippen molar-refractivity contribution in [2.45, 2.75) is 6.92 Å². The molecule has 0 aliphatic rings. The molecule has 0 amide bonds. The fraction of sp³-hybridized carbons (Fsp3) is 0.0714. The number of rotatable bonds is 1. The van der Waals surface area contributed by atoms with Gasteiger partial charge in [0.05, 0.1) is 5.69 Å². The number of oxazole rings is 1. The number of hydrogen-bond acceptors (Lipinski definition) is 5. The van der Waals surface area contributed by atoms with Crippen LogP contribution >= 0.6 is 11.3 Å². The SMILES string of the molecule is Cc1ccc(N)c2nc(-c3cc4ccsc4o3)oc12. The van der Waals surface area contributed by atoms with Crippen molar-refractivity contribution in [3.8, 4) is 11.7 Å². The number of nitrogen functional groups attached to an aromatic ring is 1. The predicted molar refractivity (Wildman–Crippen MR) is 76.2 cm³/mol. The molecule has 0 spiro atoms. The maximum atomic E-state index is 5.92. The van der Waals surface area contributed by atoms with Crippen LogP contribution in [0.3, 0.4) is 0 Å². The van der Waals surface area contributed by atoms with Crippen molar-refractivity contribution < 1.29 is 8.83 Å². The molecule has 19 heavy (non-hydrogen) atoms. The third-order valence-electron chi connectivity index (χ3n) is 3.13. The maximum Gasteiger partial charge on any atom is 0.264 e. The van der Waals surface area contributed by atoms with Crippen molar-refractivity contribution in [3.63, 3.8) is 0 Å². The monoisotopic (exact) mass is 270 g/mol. The molecule has 3 aromatic heterocycles. The summed E-state index contributed by atoms with van der Waals surface area (Å²) in [6.07, 6.45) is 0. The molecule has 0 atom stereocenters. The molecule has 0 saturated heterocycles. The molecule has 0 aliphatic carbocycles. The summed E-state index contributed by atoms with van der Waals surface area (Å²) in [6, 6.07) is 7.70. The first-order chi connectivity index (χ1) is 9.22. The molecule has 5 heteroatoms. The van der Waals surface area contributed by atoms with Gasteiger partial charge in [-0.3, -0.25) is 0 Å². The average molecular weight is 270 g/mol. The minimum Gasteiger partial charge on any atom is -0.440 e. The molecular weight excluding hydrogens is 260 g/mol. The van der Waals surface area contributed by atoms with E-state index in [0.29, 0.717) is 22.9 Å². The van der Waals surface area contributed by atoms with Crippen LogP contribution in [0.2, 0.25) is 0 Å². The number of furan rings is 1. The zero-order valence-corrected chi connectivity index (χ0v) is 11.0. The van der Waals surface area contributed by atoms with Crippen LogP contribution in [0.15, 0.2) is 38.5 Å². The third kappa shape index (κ3) is 1.48. The van der Waals surface area contributed by atoms with Crippen LogP contribution in [-0.4, -0.2) is 4.98 Å². The zero-order chi connectivity index (χ0) is 13.0. The van der Waals surface area contributed by atoms with Gasteiger partial charge in [0, 0.05) is 5.39 Å². The van der Waals surface area contributed by atoms with E-state index in [1.165, 1.54) is 0 Å². The molecule has 4 nitrogen and oxygen atoms in total. The topological polar surface area (TPSA) is 65.2 Å². The Morgan fingerprint density at radius 3 is 2.89 bits per heavy atom. The van der Waals surface area contributed by atoms with Gasteiger partial charge in [0.15, 0.2) is 16.2 Å². The summed E-state index contributed by atoms with van der Waals surface area (Å²) >= 11 is 1.56. The Morgan fingerprint density at radius 1 is 1.21 bits per heavy atom. The van der Waals surface area contributed by atoms with E-state index in [1.54, 1.807) is 11.3 Å². The first kappa shape index (κ1) is 10.6. The highest BCUT2D eigenvalue weighted by atomic mass is 32.1. The molecule has 4 rings (SSSR count). The third-order valence-corrected chi connectivity index (χ3v) is 3.94. The largest absolute Gasteiger partial charge is 0.440 e. The Balaban J connectivity index is 1.98. The normalized spacial score (nSPS) is 11.6. The van der Waals surface area contributed by atoms with E-state index >= 15 is 0 Å². The lowest BCUT2D eigenvalue weighted by Gasteiger charge is -1.95. The lowest BCUT2D eigenvalue weighted by molar-refractivity contribution is 0.561. The second kappa shape index (κ2) is 3.61. The fourth-order valence-corrected chi connectivity index (χ4v) is 2.87. The number of aromatic nitrogens is 1. The standard InChI is InChI=1S/C14H10N2O2S/c1-7-2-3-9(15)11-12(7)18-13(16-11)10-6-8-4-5-19-14(8)17-10/h2-6H,15H2,1H3. The molecule has 0 unspecified atom stereocenters. The van der Waals surface area contributed by atoms with E-state index in [4.69, 9.17) is 14.6 Å². The molecule has 0 bridgehead atoms. The second-order valence-electron chi connectivity index (χ2n) is 4.44. The zero-order valence-electron chi connectivity index (χ0n) is 10.1. The van der Waals surface area contributed by atoms with E-state index in [1.807, 2.05) is 36.6 Å². The number of fused-ring (bicyclic) bond motifs is 2. The summed E-state index contributed by atoms with van der Waals surface area (Å²) in [5.41, 5.74) is 8.95. The number of anilines is 1. The minimum absolute atomic E-state index is 0.472. The number of thiophene rings is 1. The van der Waals surface area contributed by atoms with Crippen LogP contribution in [0.1, 0.15) is 5.56 Å². The Morgan fingerprint density at radius 2 is 2.11 bits per heavy atom. The summed E-state index contributed by atoms with van der Waals surface area (Å²) in [5, 5.41) is 3.05. The van der Waals surface area contributed by atoms with Crippen LogP contribution in [0, 0.1) is 6.92 Å². The number of nitrogens with zero attached hydrogens (tertiary/aromatic N) is 1. The molecule has 1 aromatic carbocycles. The summed E-state index contributed by atoms with van der Waals surface area (Å²) in [7, 11) is 0. The van der Waals surface area contributed by atoms with Gasteiger partial charge in [0.25, 0.3) is 5.89 Å². The molecular formula is C14H10N2O2S. The van der Waals surface area contributed by atoms with E-state index in [2.05, 4.69) is 4.98 Å². The molecule has 94 valence electrons. The molecule has 0 radical (unpaired) electrons. The highest BCUT2D eigenvalue weighted by molar-refractivity contribution is 7.16. The van der Waals surface area contributed by atoms with E-state index in [9.17, 15) is 0 Å². The molecule has 0 saturated carbocycles. The van der Waals surface area contributed by atoms with Crippen molar-refractivity contribution in [2.75, 3.05) is 5.73 Å². The summed E-state index contributed by atoms with van der Waals surface area (Å²) in [6.45, 7) is 1.97. The quantitative estimate of drug-likeness (QED) is 0.526. The van der Waals surface area contributed by atoms with Crippen molar-refractivity contribution in [3.05, 3.63) is 35.2 Å². The van der Waals surface area contributed by atoms with Gasteiger partial charge in [0.1, 0.15) is 5.52 Å². The molecule has 0 fully saturated rings. The van der Waals surface area contributed by atoms with Gasteiger partial charge in [-0.05, 0) is 36.1 Å². The Bertz CT molecular complexity index is 833. The van der Waals surface area contributed by atoms with Gasteiger partial charge in [-0.25, -0.2) is 4.98 Å². The van der Waals surface area contributed by atoms with Crippen LogP contribution < -0.4 is 5.73 Å².